The third kappa shape index (κ3) is 2.68. The van der Waals surface area contributed by atoms with E-state index < -0.39 is 18.1 Å². The number of amides is 1. The molecule has 98 valence electrons. The van der Waals surface area contributed by atoms with Crippen LogP contribution in [0.4, 0.5) is 0 Å². The Bertz CT molecular complexity index is 473. The average molecular weight is 270 g/mol. The molecule has 1 fully saturated rings. The molecule has 1 saturated heterocycles. The summed E-state index contributed by atoms with van der Waals surface area (Å²) >= 11 is 1.45. The Hall–Kier alpha value is -1.47. The molecule has 0 aromatic carbocycles. The van der Waals surface area contributed by atoms with Crippen LogP contribution in [0, 0.1) is 6.92 Å². The van der Waals surface area contributed by atoms with E-state index in [0.717, 1.165) is 5.01 Å². The third-order valence-corrected chi connectivity index (χ3v) is 3.71. The Morgan fingerprint density at radius 2 is 2.33 bits per heavy atom. The molecule has 1 aliphatic rings. The number of rotatable bonds is 3. The zero-order chi connectivity index (χ0) is 13.3. The van der Waals surface area contributed by atoms with Gasteiger partial charge in [-0.1, -0.05) is 0 Å². The molecule has 6 nitrogen and oxygen atoms in total. The van der Waals surface area contributed by atoms with Crippen LogP contribution >= 0.6 is 11.3 Å². The van der Waals surface area contributed by atoms with Gasteiger partial charge >= 0.3 is 5.97 Å². The Morgan fingerprint density at radius 3 is 2.89 bits per heavy atom. The highest BCUT2D eigenvalue weighted by Gasteiger charge is 2.38. The van der Waals surface area contributed by atoms with Crippen molar-refractivity contribution in [3.63, 3.8) is 0 Å². The van der Waals surface area contributed by atoms with Gasteiger partial charge in [0.25, 0.3) is 0 Å². The summed E-state index contributed by atoms with van der Waals surface area (Å²) in [6.45, 7) is 1.93. The molecule has 0 radical (unpaired) electrons. The lowest BCUT2D eigenvalue weighted by atomic mass is 10.2. The molecule has 7 heteroatoms. The minimum absolute atomic E-state index is 0.0823. The minimum Gasteiger partial charge on any atom is -0.480 e. The molecule has 2 N–H and O–H groups in total. The summed E-state index contributed by atoms with van der Waals surface area (Å²) in [5, 5.41) is 21.1. The van der Waals surface area contributed by atoms with Gasteiger partial charge in [-0.3, -0.25) is 4.79 Å². The second kappa shape index (κ2) is 5.03. The van der Waals surface area contributed by atoms with Crippen LogP contribution in [0.2, 0.25) is 0 Å². The Morgan fingerprint density at radius 1 is 1.61 bits per heavy atom. The van der Waals surface area contributed by atoms with Crippen molar-refractivity contribution in [2.45, 2.75) is 31.9 Å². The number of carboxylic acid groups (broad SMARTS) is 1. The lowest BCUT2D eigenvalue weighted by Gasteiger charge is -2.20. The fraction of sp³-hybridized carbons (Fsp3) is 0.545. The maximum Gasteiger partial charge on any atom is 0.326 e. The molecular weight excluding hydrogens is 256 g/mol. The van der Waals surface area contributed by atoms with Gasteiger partial charge in [0.2, 0.25) is 5.91 Å². The number of aliphatic hydroxyl groups excluding tert-OH is 1. The highest BCUT2D eigenvalue weighted by atomic mass is 32.1. The lowest BCUT2D eigenvalue weighted by molar-refractivity contribution is -0.148. The molecular formula is C11H14N2O4S. The first kappa shape index (κ1) is 13.0. The molecule has 2 atom stereocenters. The van der Waals surface area contributed by atoms with Gasteiger partial charge in [-0.2, -0.15) is 0 Å². The highest BCUT2D eigenvalue weighted by molar-refractivity contribution is 7.09. The number of hydrogen-bond donors (Lipinski definition) is 2. The van der Waals surface area contributed by atoms with Crippen LogP contribution in [-0.2, 0) is 16.0 Å². The average Bonchev–Trinajstić information content (AvgIpc) is 2.85. The molecule has 1 amide bonds. The van der Waals surface area contributed by atoms with Crippen LogP contribution in [0.1, 0.15) is 17.1 Å². The smallest absolute Gasteiger partial charge is 0.326 e. The number of likely N-dealkylation sites (tertiary alicyclic amines) is 1. The standard InChI is InChI=1S/C11H14N2O4S/c1-6-12-7(5-18-6)2-10(15)13-4-8(14)3-9(13)11(16)17/h5,8-9,14H,2-4H2,1H3,(H,16,17). The molecule has 1 aliphatic heterocycles. The number of aliphatic hydroxyl groups is 1. The van der Waals surface area contributed by atoms with Gasteiger partial charge in [0.05, 0.1) is 23.2 Å². The summed E-state index contributed by atoms with van der Waals surface area (Å²) in [5.74, 6) is -1.38. The Balaban J connectivity index is 2.06. The number of carbonyl (C=O) groups is 2. The van der Waals surface area contributed by atoms with Crippen LogP contribution in [0.3, 0.4) is 0 Å². The van der Waals surface area contributed by atoms with Crippen molar-refractivity contribution in [3.05, 3.63) is 16.1 Å². The number of hydrogen-bond acceptors (Lipinski definition) is 5. The molecule has 0 aliphatic carbocycles. The zero-order valence-electron chi connectivity index (χ0n) is 9.87. The Labute approximate surface area is 108 Å². The van der Waals surface area contributed by atoms with E-state index in [9.17, 15) is 14.7 Å². The normalized spacial score (nSPS) is 23.3. The number of carbonyl (C=O) groups excluding carboxylic acids is 1. The van der Waals surface area contributed by atoms with E-state index in [4.69, 9.17) is 5.11 Å². The van der Waals surface area contributed by atoms with Crippen molar-refractivity contribution < 1.29 is 19.8 Å². The molecule has 2 heterocycles. The summed E-state index contributed by atoms with van der Waals surface area (Å²) in [5.41, 5.74) is 0.646. The van der Waals surface area contributed by atoms with Crippen molar-refractivity contribution in [2.75, 3.05) is 6.54 Å². The van der Waals surface area contributed by atoms with Crippen molar-refractivity contribution in [1.82, 2.24) is 9.88 Å². The van der Waals surface area contributed by atoms with E-state index in [0.29, 0.717) is 5.69 Å². The van der Waals surface area contributed by atoms with E-state index in [2.05, 4.69) is 4.98 Å². The highest BCUT2D eigenvalue weighted by Crippen LogP contribution is 2.20. The first-order valence-corrected chi connectivity index (χ1v) is 6.46. The number of aryl methyl sites for hydroxylation is 1. The summed E-state index contributed by atoms with van der Waals surface area (Å²) in [6, 6.07) is -0.924. The zero-order valence-corrected chi connectivity index (χ0v) is 10.7. The molecule has 0 saturated carbocycles. The minimum atomic E-state index is -1.07. The fourth-order valence-corrected chi connectivity index (χ4v) is 2.68. The first-order valence-electron chi connectivity index (χ1n) is 5.58. The maximum absolute atomic E-state index is 12.0. The summed E-state index contributed by atoms with van der Waals surface area (Å²) in [4.78, 5) is 28.4. The molecule has 18 heavy (non-hydrogen) atoms. The van der Waals surface area contributed by atoms with Gasteiger partial charge in [-0.05, 0) is 6.92 Å². The van der Waals surface area contributed by atoms with E-state index in [1.165, 1.54) is 16.2 Å². The van der Waals surface area contributed by atoms with Gasteiger partial charge in [-0.15, -0.1) is 11.3 Å². The van der Waals surface area contributed by atoms with Crippen molar-refractivity contribution in [2.24, 2.45) is 0 Å². The predicted molar refractivity (Wildman–Crippen MR) is 64.3 cm³/mol. The van der Waals surface area contributed by atoms with Crippen LogP contribution < -0.4 is 0 Å². The van der Waals surface area contributed by atoms with E-state index in [-0.39, 0.29) is 25.3 Å². The lowest BCUT2D eigenvalue weighted by Crippen LogP contribution is -2.41. The number of thiazole rings is 1. The van der Waals surface area contributed by atoms with Gasteiger partial charge in [-0.25, -0.2) is 9.78 Å². The van der Waals surface area contributed by atoms with Gasteiger partial charge in [0.15, 0.2) is 0 Å². The topological polar surface area (TPSA) is 90.7 Å². The largest absolute Gasteiger partial charge is 0.480 e. The molecule has 1 aromatic rings. The number of aromatic nitrogens is 1. The second-order valence-electron chi connectivity index (χ2n) is 4.32. The molecule has 0 bridgehead atoms. The van der Waals surface area contributed by atoms with E-state index >= 15 is 0 Å². The van der Waals surface area contributed by atoms with Crippen LogP contribution in [0.25, 0.3) is 0 Å². The number of aliphatic carboxylic acids is 1. The molecule has 2 rings (SSSR count). The summed E-state index contributed by atoms with van der Waals surface area (Å²) < 4.78 is 0. The van der Waals surface area contributed by atoms with E-state index in [1.54, 1.807) is 5.38 Å². The van der Waals surface area contributed by atoms with Crippen LogP contribution in [0.15, 0.2) is 5.38 Å². The van der Waals surface area contributed by atoms with Crippen molar-refractivity contribution >= 4 is 23.2 Å². The van der Waals surface area contributed by atoms with Crippen molar-refractivity contribution in [3.8, 4) is 0 Å². The Kier molecular flexibility index (Phi) is 3.63. The SMILES string of the molecule is Cc1nc(CC(=O)N2CC(O)CC2C(=O)O)cs1. The fourth-order valence-electron chi connectivity index (χ4n) is 2.07. The molecule has 2 unspecified atom stereocenters. The van der Waals surface area contributed by atoms with Crippen LogP contribution in [-0.4, -0.2) is 50.7 Å². The second-order valence-corrected chi connectivity index (χ2v) is 5.39. The van der Waals surface area contributed by atoms with E-state index in [1.807, 2.05) is 6.92 Å². The quantitative estimate of drug-likeness (QED) is 0.809. The first-order chi connectivity index (χ1) is 8.47. The summed E-state index contributed by atoms with van der Waals surface area (Å²) in [6.07, 6.45) is -0.579. The van der Waals surface area contributed by atoms with Gasteiger partial charge in [0.1, 0.15) is 6.04 Å². The van der Waals surface area contributed by atoms with Gasteiger partial charge in [0, 0.05) is 18.3 Å². The summed E-state index contributed by atoms with van der Waals surface area (Å²) in [7, 11) is 0. The predicted octanol–water partition coefficient (Wildman–Crippen LogP) is 0.0404. The number of nitrogens with zero attached hydrogens (tertiary/aromatic N) is 2. The third-order valence-electron chi connectivity index (χ3n) is 2.88. The van der Waals surface area contributed by atoms with Crippen molar-refractivity contribution in [1.29, 1.82) is 0 Å². The molecule has 1 aromatic heterocycles. The maximum atomic E-state index is 12.0. The molecule has 0 spiro atoms. The van der Waals surface area contributed by atoms with Crippen LogP contribution in [0.5, 0.6) is 0 Å². The van der Waals surface area contributed by atoms with Gasteiger partial charge < -0.3 is 15.1 Å². The monoisotopic (exact) mass is 270 g/mol. The number of β-amino-alcohol motifs (C(OH)–C–C–N with tert-alkyl or cyclic N) is 1. The number of carboxylic acids is 1.